The third-order valence-electron chi connectivity index (χ3n) is 0.719. The molecule has 0 amide bonds. The van der Waals surface area contributed by atoms with Crippen LogP contribution in [-0.2, 0) is 0 Å². The summed E-state index contributed by atoms with van der Waals surface area (Å²) < 4.78 is 1.13. The summed E-state index contributed by atoms with van der Waals surface area (Å²) in [4.78, 5) is 0. The molecule has 0 N–H and O–H groups in total. The Balaban J connectivity index is 2.68. The molecule has 0 aliphatic rings. The first-order chi connectivity index (χ1) is 3.27. The van der Waals surface area contributed by atoms with Crippen LogP contribution in [0.3, 0.4) is 0 Å². The molecule has 0 fully saturated rings. The van der Waals surface area contributed by atoms with Gasteiger partial charge >= 0.3 is 59.6 Å². The molecular formula is C4H9Cl2Sn+. The van der Waals surface area contributed by atoms with Gasteiger partial charge in [0.2, 0.25) is 0 Å². The number of halogens is 2. The average molecular weight is 247 g/mol. The summed E-state index contributed by atoms with van der Waals surface area (Å²) >= 11 is -1.70. The Hall–Kier alpha value is 1.38. The number of hydrogen-bond acceptors (Lipinski definition) is 0. The van der Waals surface area contributed by atoms with E-state index in [2.05, 4.69) is 6.92 Å². The zero-order valence-electron chi connectivity index (χ0n) is 4.38. The molecule has 0 saturated heterocycles. The van der Waals surface area contributed by atoms with Gasteiger partial charge in [0.1, 0.15) is 0 Å². The van der Waals surface area contributed by atoms with Gasteiger partial charge in [0.15, 0.2) is 0 Å². The Morgan fingerprint density at radius 2 is 2.00 bits per heavy atom. The quantitative estimate of drug-likeness (QED) is 0.672. The third-order valence-corrected chi connectivity index (χ3v) is 5.34. The molecule has 0 aromatic heterocycles. The van der Waals surface area contributed by atoms with Gasteiger partial charge in [-0.25, -0.2) is 0 Å². The van der Waals surface area contributed by atoms with Crippen LogP contribution in [0.1, 0.15) is 19.8 Å². The molecule has 0 saturated carbocycles. The van der Waals surface area contributed by atoms with Gasteiger partial charge < -0.3 is 0 Å². The second-order valence-corrected chi connectivity index (χ2v) is 12.2. The van der Waals surface area contributed by atoms with Crippen molar-refractivity contribution in [1.82, 2.24) is 0 Å². The van der Waals surface area contributed by atoms with Crippen molar-refractivity contribution in [2.45, 2.75) is 24.2 Å². The molecule has 42 valence electrons. The summed E-state index contributed by atoms with van der Waals surface area (Å²) in [5, 5.41) is 0. The van der Waals surface area contributed by atoms with E-state index in [9.17, 15) is 0 Å². The van der Waals surface area contributed by atoms with Crippen molar-refractivity contribution in [3.8, 4) is 0 Å². The first-order valence-corrected chi connectivity index (χ1v) is 11.7. The summed E-state index contributed by atoms with van der Waals surface area (Å²) in [6.07, 6.45) is 2.45. The number of hydrogen-bond donors (Lipinski definition) is 0. The molecular weight excluding hydrogens is 238 g/mol. The predicted molar refractivity (Wildman–Crippen MR) is 37.2 cm³/mol. The van der Waals surface area contributed by atoms with E-state index >= 15 is 0 Å². The van der Waals surface area contributed by atoms with E-state index in [0.29, 0.717) is 0 Å². The molecule has 0 aliphatic carbocycles. The molecule has 0 rings (SSSR count). The minimum absolute atomic E-state index is 1.13. The van der Waals surface area contributed by atoms with Gasteiger partial charge in [-0.1, -0.05) is 0 Å². The Morgan fingerprint density at radius 3 is 2.14 bits per heavy atom. The zero-order valence-corrected chi connectivity index (χ0v) is 8.74. The molecule has 0 atom stereocenters. The van der Waals surface area contributed by atoms with Crippen LogP contribution in [0.4, 0.5) is 0 Å². The fraction of sp³-hybridized carbons (Fsp3) is 1.00. The normalized spacial score (nSPS) is 9.00. The van der Waals surface area contributed by atoms with E-state index in [4.69, 9.17) is 17.8 Å². The standard InChI is InChI=1S/C4H9.2ClH.Sn/c1-3-4-2;;;/h1,3-4H2,2H3;2*1H;/q;;;+3/p-2. The van der Waals surface area contributed by atoms with Crippen molar-refractivity contribution in [2.24, 2.45) is 0 Å². The van der Waals surface area contributed by atoms with Crippen LogP contribution in [0.2, 0.25) is 4.44 Å². The van der Waals surface area contributed by atoms with E-state index in [1.807, 2.05) is 0 Å². The summed E-state index contributed by atoms with van der Waals surface area (Å²) in [7, 11) is 11.2. The van der Waals surface area contributed by atoms with Crippen LogP contribution in [0, 0.1) is 0 Å². The SMILES string of the molecule is CCC[CH2][Sn+]([Cl])[Cl]. The van der Waals surface area contributed by atoms with Gasteiger partial charge in [0.05, 0.1) is 0 Å². The molecule has 0 radical (unpaired) electrons. The number of unbranched alkanes of at least 4 members (excludes halogenated alkanes) is 1. The van der Waals surface area contributed by atoms with E-state index < -0.39 is 17.5 Å². The van der Waals surface area contributed by atoms with E-state index in [-0.39, 0.29) is 0 Å². The van der Waals surface area contributed by atoms with Gasteiger partial charge in [0, 0.05) is 0 Å². The summed E-state index contributed by atoms with van der Waals surface area (Å²) in [6.45, 7) is 2.15. The molecule has 0 aromatic rings. The molecule has 0 unspecified atom stereocenters. The van der Waals surface area contributed by atoms with Gasteiger partial charge in [-0.05, 0) is 0 Å². The van der Waals surface area contributed by atoms with E-state index in [1.54, 1.807) is 0 Å². The first kappa shape index (κ1) is 8.38. The topological polar surface area (TPSA) is 0 Å². The monoisotopic (exact) mass is 247 g/mol. The Morgan fingerprint density at radius 1 is 1.43 bits per heavy atom. The molecule has 0 aliphatic heterocycles. The average Bonchev–Trinajstić information content (AvgIpc) is 1.61. The molecule has 7 heavy (non-hydrogen) atoms. The fourth-order valence-electron chi connectivity index (χ4n) is 0.310. The molecule has 0 heterocycles. The van der Waals surface area contributed by atoms with Crippen molar-refractivity contribution in [2.75, 3.05) is 0 Å². The Labute approximate surface area is 59.4 Å². The second kappa shape index (κ2) is 5.51. The molecule has 0 bridgehead atoms. The molecule has 0 nitrogen and oxygen atoms in total. The van der Waals surface area contributed by atoms with Crippen molar-refractivity contribution in [1.29, 1.82) is 0 Å². The second-order valence-electron chi connectivity index (χ2n) is 1.44. The third kappa shape index (κ3) is 7.38. The molecule has 3 heteroatoms. The Kier molecular flexibility index (Phi) is 6.60. The molecule has 0 aromatic carbocycles. The van der Waals surface area contributed by atoms with Crippen LogP contribution in [0.25, 0.3) is 0 Å². The van der Waals surface area contributed by atoms with Crippen LogP contribution in [0.15, 0.2) is 0 Å². The minimum atomic E-state index is -1.70. The predicted octanol–water partition coefficient (Wildman–Crippen LogP) is 2.75. The van der Waals surface area contributed by atoms with Crippen molar-refractivity contribution in [3.63, 3.8) is 0 Å². The number of rotatable bonds is 3. The maximum atomic E-state index is 5.62. The molecule has 0 spiro atoms. The van der Waals surface area contributed by atoms with Crippen LogP contribution in [-0.4, -0.2) is 17.5 Å². The van der Waals surface area contributed by atoms with Gasteiger partial charge in [-0.2, -0.15) is 0 Å². The van der Waals surface area contributed by atoms with Crippen molar-refractivity contribution >= 4 is 35.3 Å². The Bertz CT molecular complexity index is 38.7. The van der Waals surface area contributed by atoms with E-state index in [1.165, 1.54) is 12.8 Å². The van der Waals surface area contributed by atoms with Crippen LogP contribution < -0.4 is 0 Å². The van der Waals surface area contributed by atoms with Gasteiger partial charge in [0.25, 0.3) is 0 Å². The maximum absolute atomic E-state index is 5.62. The van der Waals surface area contributed by atoms with Crippen molar-refractivity contribution < 1.29 is 0 Å². The van der Waals surface area contributed by atoms with E-state index in [0.717, 1.165) is 4.44 Å². The summed E-state index contributed by atoms with van der Waals surface area (Å²) in [5.74, 6) is 0. The van der Waals surface area contributed by atoms with Gasteiger partial charge in [-0.3, -0.25) is 0 Å². The zero-order chi connectivity index (χ0) is 5.70. The fourth-order valence-corrected chi connectivity index (χ4v) is 3.88. The first-order valence-electron chi connectivity index (χ1n) is 2.44. The van der Waals surface area contributed by atoms with Gasteiger partial charge in [-0.15, -0.1) is 0 Å². The van der Waals surface area contributed by atoms with Crippen molar-refractivity contribution in [3.05, 3.63) is 0 Å². The summed E-state index contributed by atoms with van der Waals surface area (Å²) in [6, 6.07) is 0. The van der Waals surface area contributed by atoms with Crippen LogP contribution >= 0.6 is 17.8 Å². The summed E-state index contributed by atoms with van der Waals surface area (Å²) in [5.41, 5.74) is 0. The van der Waals surface area contributed by atoms with Crippen LogP contribution in [0.5, 0.6) is 0 Å².